The molecule has 0 saturated carbocycles. The summed E-state index contributed by atoms with van der Waals surface area (Å²) >= 11 is 0. The third-order valence-corrected chi connectivity index (χ3v) is 5.02. The molecule has 2 fully saturated rings. The number of hydrogen-bond acceptors (Lipinski definition) is 3. The fourth-order valence-corrected chi connectivity index (χ4v) is 4.10. The Morgan fingerprint density at radius 1 is 1.57 bits per heavy atom. The Bertz CT molecular complexity index is 560. The van der Waals surface area contributed by atoms with Gasteiger partial charge in [-0.05, 0) is 36.8 Å². The van der Waals surface area contributed by atoms with E-state index in [-0.39, 0.29) is 23.3 Å². The summed E-state index contributed by atoms with van der Waals surface area (Å²) in [5.74, 6) is -0.0310. The van der Waals surface area contributed by atoms with Crippen LogP contribution in [-0.2, 0) is 14.3 Å². The van der Waals surface area contributed by atoms with Crippen LogP contribution < -0.4 is 0 Å². The summed E-state index contributed by atoms with van der Waals surface area (Å²) in [6.45, 7) is 4.93. The van der Waals surface area contributed by atoms with Crippen molar-refractivity contribution >= 4 is 11.9 Å². The first-order chi connectivity index (χ1) is 10.1. The molecule has 0 aromatic carbocycles. The molecule has 2 heterocycles. The number of amides is 1. The van der Waals surface area contributed by atoms with Crippen LogP contribution in [0, 0.1) is 5.92 Å². The zero-order chi connectivity index (χ0) is 15.0. The maximum absolute atomic E-state index is 12.4. The summed E-state index contributed by atoms with van der Waals surface area (Å²) < 4.78 is 4.82. The van der Waals surface area contributed by atoms with Gasteiger partial charge in [-0.2, -0.15) is 0 Å². The summed E-state index contributed by atoms with van der Waals surface area (Å²) in [7, 11) is 1.38. The molecule has 112 valence electrons. The molecule has 3 aliphatic rings. The quantitative estimate of drug-likeness (QED) is 0.422. The van der Waals surface area contributed by atoms with E-state index in [1.54, 1.807) is 6.08 Å². The largest absolute Gasteiger partial charge is 0.466 e. The Morgan fingerprint density at radius 2 is 2.38 bits per heavy atom. The second-order valence-electron chi connectivity index (χ2n) is 6.04. The van der Waals surface area contributed by atoms with E-state index in [4.69, 9.17) is 4.74 Å². The molecule has 1 aliphatic carbocycles. The van der Waals surface area contributed by atoms with Crippen LogP contribution in [0.3, 0.4) is 0 Å². The second kappa shape index (κ2) is 5.17. The number of allylic oxidation sites excluding steroid dienone is 1. The van der Waals surface area contributed by atoms with Crippen LogP contribution in [0.15, 0.2) is 36.0 Å². The molecule has 21 heavy (non-hydrogen) atoms. The maximum atomic E-state index is 12.4. The number of ether oxygens (including phenoxy) is 1. The maximum Gasteiger partial charge on any atom is 0.330 e. The Labute approximate surface area is 125 Å². The highest BCUT2D eigenvalue weighted by Crippen LogP contribution is 2.51. The highest BCUT2D eigenvalue weighted by molar-refractivity contribution is 5.87. The molecule has 0 aromatic rings. The fourth-order valence-electron chi connectivity index (χ4n) is 4.10. The minimum atomic E-state index is -0.381. The summed E-state index contributed by atoms with van der Waals surface area (Å²) in [6, 6.07) is 0. The third kappa shape index (κ3) is 2.04. The lowest BCUT2D eigenvalue weighted by Gasteiger charge is -2.44. The molecule has 3 rings (SSSR count). The van der Waals surface area contributed by atoms with Gasteiger partial charge in [0.05, 0.1) is 12.6 Å². The molecular weight excluding hydrogens is 266 g/mol. The smallest absolute Gasteiger partial charge is 0.330 e. The summed E-state index contributed by atoms with van der Waals surface area (Å²) in [6.07, 6.45) is 9.90. The zero-order valence-electron chi connectivity index (χ0n) is 12.4. The topological polar surface area (TPSA) is 46.6 Å². The second-order valence-corrected chi connectivity index (χ2v) is 6.04. The number of carbonyl (C=O) groups is 2. The van der Waals surface area contributed by atoms with Crippen molar-refractivity contribution in [2.24, 2.45) is 5.92 Å². The Hall–Kier alpha value is -1.84. The molecule has 1 amide bonds. The van der Waals surface area contributed by atoms with Gasteiger partial charge in [-0.15, -0.1) is 0 Å². The Kier molecular flexibility index (Phi) is 3.47. The molecule has 0 unspecified atom stereocenters. The van der Waals surface area contributed by atoms with Crippen LogP contribution in [0.1, 0.15) is 32.1 Å². The van der Waals surface area contributed by atoms with E-state index < -0.39 is 0 Å². The first kappa shape index (κ1) is 14.1. The molecule has 0 radical (unpaired) electrons. The van der Waals surface area contributed by atoms with Gasteiger partial charge < -0.3 is 9.64 Å². The van der Waals surface area contributed by atoms with Gasteiger partial charge >= 0.3 is 5.97 Å². The van der Waals surface area contributed by atoms with E-state index in [0.29, 0.717) is 6.42 Å². The Balaban J connectivity index is 2.16. The van der Waals surface area contributed by atoms with Gasteiger partial charge in [-0.3, -0.25) is 4.79 Å². The van der Waals surface area contributed by atoms with Crippen molar-refractivity contribution in [1.29, 1.82) is 0 Å². The highest BCUT2D eigenvalue weighted by Gasteiger charge is 2.55. The van der Waals surface area contributed by atoms with Crippen LogP contribution in [0.5, 0.6) is 0 Å². The van der Waals surface area contributed by atoms with Gasteiger partial charge in [0.25, 0.3) is 0 Å². The van der Waals surface area contributed by atoms with Crippen LogP contribution in [0.25, 0.3) is 0 Å². The lowest BCUT2D eigenvalue weighted by Crippen LogP contribution is -2.51. The average molecular weight is 287 g/mol. The SMILES string of the molecule is C=C1CCCN2C(=O)C[C@@H]3C=CCC[C@@]32/C1=C/C(=O)OC. The third-order valence-electron chi connectivity index (χ3n) is 5.02. The van der Waals surface area contributed by atoms with Crippen LogP contribution in [-0.4, -0.2) is 36.0 Å². The van der Waals surface area contributed by atoms with E-state index in [9.17, 15) is 9.59 Å². The molecule has 1 spiro atoms. The summed E-state index contributed by atoms with van der Waals surface area (Å²) in [5, 5.41) is 0. The minimum Gasteiger partial charge on any atom is -0.466 e. The molecule has 0 N–H and O–H groups in total. The predicted octanol–water partition coefficient (Wildman–Crippen LogP) is 2.37. The van der Waals surface area contributed by atoms with Crippen molar-refractivity contribution in [3.8, 4) is 0 Å². The predicted molar refractivity (Wildman–Crippen MR) is 79.4 cm³/mol. The van der Waals surface area contributed by atoms with Crippen LogP contribution >= 0.6 is 0 Å². The molecule has 2 aliphatic heterocycles. The molecular formula is C17H21NO3. The van der Waals surface area contributed by atoms with Crippen molar-refractivity contribution in [1.82, 2.24) is 4.90 Å². The first-order valence-electron chi connectivity index (χ1n) is 7.55. The lowest BCUT2D eigenvalue weighted by atomic mass is 9.70. The molecule has 0 aromatic heterocycles. The first-order valence-corrected chi connectivity index (χ1v) is 7.55. The molecule has 4 nitrogen and oxygen atoms in total. The Morgan fingerprint density at radius 3 is 3.14 bits per heavy atom. The molecule has 2 atom stereocenters. The standard InChI is InChI=1S/C17H21NO3/c1-12-6-5-9-18-15(19)10-13-7-3-4-8-17(13,18)14(12)11-16(20)21-2/h3,7,11,13H,1,4-6,8-10H2,2H3/b14-11+/t13-,17-/m0/s1. The van der Waals surface area contributed by atoms with Gasteiger partial charge in [0, 0.05) is 25.0 Å². The minimum absolute atomic E-state index is 0.143. The summed E-state index contributed by atoms with van der Waals surface area (Å²) in [5.41, 5.74) is 1.50. The number of hydrogen-bond donors (Lipinski definition) is 0. The number of nitrogens with zero attached hydrogens (tertiary/aromatic N) is 1. The van der Waals surface area contributed by atoms with Crippen molar-refractivity contribution in [2.75, 3.05) is 13.7 Å². The van der Waals surface area contributed by atoms with Crippen molar-refractivity contribution in [3.63, 3.8) is 0 Å². The lowest BCUT2D eigenvalue weighted by molar-refractivity contribution is -0.135. The van der Waals surface area contributed by atoms with Crippen LogP contribution in [0.2, 0.25) is 0 Å². The molecule has 4 heteroatoms. The van der Waals surface area contributed by atoms with E-state index in [1.165, 1.54) is 7.11 Å². The van der Waals surface area contributed by atoms with E-state index in [1.807, 2.05) is 4.90 Å². The van der Waals surface area contributed by atoms with Gasteiger partial charge in [0.15, 0.2) is 0 Å². The van der Waals surface area contributed by atoms with Gasteiger partial charge in [-0.1, -0.05) is 18.7 Å². The molecule has 0 bridgehead atoms. The monoisotopic (exact) mass is 287 g/mol. The summed E-state index contributed by atoms with van der Waals surface area (Å²) in [4.78, 5) is 26.3. The van der Waals surface area contributed by atoms with Gasteiger partial charge in [0.1, 0.15) is 0 Å². The average Bonchev–Trinajstić information content (AvgIpc) is 2.69. The number of rotatable bonds is 1. The van der Waals surface area contributed by atoms with Crippen molar-refractivity contribution in [3.05, 3.63) is 36.0 Å². The van der Waals surface area contributed by atoms with Crippen molar-refractivity contribution < 1.29 is 14.3 Å². The number of esters is 1. The van der Waals surface area contributed by atoms with E-state index in [0.717, 1.165) is 43.4 Å². The van der Waals surface area contributed by atoms with E-state index >= 15 is 0 Å². The van der Waals surface area contributed by atoms with Gasteiger partial charge in [0.2, 0.25) is 5.91 Å². The van der Waals surface area contributed by atoms with Gasteiger partial charge in [-0.25, -0.2) is 4.79 Å². The number of carbonyl (C=O) groups excluding carboxylic acids is 2. The van der Waals surface area contributed by atoms with Crippen molar-refractivity contribution in [2.45, 2.75) is 37.6 Å². The normalized spacial score (nSPS) is 33.7. The number of methoxy groups -OCH3 is 1. The molecule has 2 saturated heterocycles. The highest BCUT2D eigenvalue weighted by atomic mass is 16.5. The van der Waals surface area contributed by atoms with E-state index in [2.05, 4.69) is 18.7 Å². The zero-order valence-corrected chi connectivity index (χ0v) is 12.4. The fraction of sp³-hybridized carbons (Fsp3) is 0.529. The van der Waals surface area contributed by atoms with Crippen LogP contribution in [0.4, 0.5) is 0 Å².